The molecule has 0 saturated heterocycles. The number of hydrogen-bond acceptors (Lipinski definition) is 6. The Labute approximate surface area is 164 Å². The highest BCUT2D eigenvalue weighted by molar-refractivity contribution is 6.06. The van der Waals surface area contributed by atoms with Crippen molar-refractivity contribution in [1.29, 1.82) is 0 Å². The third kappa shape index (κ3) is 2.93. The number of amides is 1. The van der Waals surface area contributed by atoms with E-state index >= 15 is 0 Å². The molecule has 3 heterocycles. The molecule has 1 aliphatic carbocycles. The van der Waals surface area contributed by atoms with E-state index in [1.165, 1.54) is 6.42 Å². The minimum absolute atomic E-state index is 0.119. The molecule has 8 heteroatoms. The predicted octanol–water partition coefficient (Wildman–Crippen LogP) is 2.77. The van der Waals surface area contributed by atoms with E-state index < -0.39 is 0 Å². The number of carbonyl (C=O) groups excluding carboxylic acids is 1. The number of rotatable bonds is 4. The highest BCUT2D eigenvalue weighted by atomic mass is 16.7. The molecular weight excluding hydrogens is 356 g/mol. The largest absolute Gasteiger partial charge is 0.365 e. The van der Waals surface area contributed by atoms with Crippen molar-refractivity contribution < 1.29 is 9.63 Å². The quantitative estimate of drug-likeness (QED) is 0.813. The van der Waals surface area contributed by atoms with Gasteiger partial charge in [-0.2, -0.15) is 0 Å². The second-order valence-corrected chi connectivity index (χ2v) is 7.36. The lowest BCUT2D eigenvalue weighted by Crippen LogP contribution is -2.48. The highest BCUT2D eigenvalue weighted by Crippen LogP contribution is 2.38. The molecule has 1 amide bonds. The molecule has 0 bridgehead atoms. The normalized spacial score (nSPS) is 18.1. The van der Waals surface area contributed by atoms with Crippen molar-refractivity contribution >= 4 is 17.4 Å². The maximum Gasteiger partial charge on any atom is 0.276 e. The fraction of sp³-hybridized carbons (Fsp3) is 0.500. The number of carbonyl (C=O) groups is 1. The van der Waals surface area contributed by atoms with Crippen molar-refractivity contribution in [2.75, 3.05) is 18.5 Å². The number of nitrogens with zero attached hydrogens (tertiary/aromatic N) is 6. The minimum atomic E-state index is -0.366. The van der Waals surface area contributed by atoms with Crippen LogP contribution in [0.3, 0.4) is 0 Å². The molecule has 0 aromatic carbocycles. The van der Waals surface area contributed by atoms with Crippen LogP contribution in [0.1, 0.15) is 55.3 Å². The SMILES string of the molecule is CCN(C(=O)c1cnc(C2=NOC3(CCCCC3)N2C)n1C)c1cccnc1. The molecule has 2 aromatic rings. The van der Waals surface area contributed by atoms with E-state index in [0.29, 0.717) is 23.9 Å². The van der Waals surface area contributed by atoms with Gasteiger partial charge in [-0.3, -0.25) is 9.78 Å². The van der Waals surface area contributed by atoms with Crippen LogP contribution in [-0.2, 0) is 11.9 Å². The summed E-state index contributed by atoms with van der Waals surface area (Å²) in [5, 5.41) is 4.34. The molecule has 28 heavy (non-hydrogen) atoms. The second-order valence-electron chi connectivity index (χ2n) is 7.36. The lowest BCUT2D eigenvalue weighted by Gasteiger charge is -2.37. The topological polar surface area (TPSA) is 75.9 Å². The maximum absolute atomic E-state index is 13.2. The van der Waals surface area contributed by atoms with E-state index in [-0.39, 0.29) is 11.6 Å². The minimum Gasteiger partial charge on any atom is -0.365 e. The standard InChI is InChI=1S/C20H26N6O2/c1-4-26(15-9-8-12-21-13-15)19(27)16-14-22-17(24(16)2)18-23-28-20(25(18)3)10-6-5-7-11-20/h8-9,12-14H,4-7,10-11H2,1-3H3. The zero-order valence-electron chi connectivity index (χ0n) is 16.6. The first-order chi connectivity index (χ1) is 13.6. The van der Waals surface area contributed by atoms with Crippen LogP contribution in [0.4, 0.5) is 5.69 Å². The zero-order chi connectivity index (χ0) is 19.7. The maximum atomic E-state index is 13.2. The van der Waals surface area contributed by atoms with E-state index in [1.54, 1.807) is 28.1 Å². The monoisotopic (exact) mass is 382 g/mol. The van der Waals surface area contributed by atoms with Gasteiger partial charge >= 0.3 is 0 Å². The molecule has 0 radical (unpaired) electrons. The van der Waals surface area contributed by atoms with Gasteiger partial charge in [-0.15, -0.1) is 0 Å². The first kappa shape index (κ1) is 18.5. The van der Waals surface area contributed by atoms with Gasteiger partial charge in [0.25, 0.3) is 5.91 Å². The molecule has 0 unspecified atom stereocenters. The van der Waals surface area contributed by atoms with Gasteiger partial charge in [-0.1, -0.05) is 11.6 Å². The van der Waals surface area contributed by atoms with Gasteiger partial charge in [0.15, 0.2) is 5.82 Å². The van der Waals surface area contributed by atoms with Crippen molar-refractivity contribution in [2.24, 2.45) is 12.2 Å². The van der Waals surface area contributed by atoms with Crippen molar-refractivity contribution in [1.82, 2.24) is 19.4 Å². The summed E-state index contributed by atoms with van der Waals surface area (Å²) in [6.45, 7) is 2.48. The summed E-state index contributed by atoms with van der Waals surface area (Å²) >= 11 is 0. The first-order valence-corrected chi connectivity index (χ1v) is 9.81. The fourth-order valence-corrected chi connectivity index (χ4v) is 4.08. The average molecular weight is 382 g/mol. The number of aromatic nitrogens is 3. The van der Waals surface area contributed by atoms with Gasteiger partial charge < -0.3 is 19.2 Å². The fourth-order valence-electron chi connectivity index (χ4n) is 4.08. The summed E-state index contributed by atoms with van der Waals surface area (Å²) in [6, 6.07) is 3.70. The number of amidine groups is 1. The number of oxime groups is 1. The van der Waals surface area contributed by atoms with Gasteiger partial charge in [0.2, 0.25) is 11.6 Å². The van der Waals surface area contributed by atoms with Crippen molar-refractivity contribution in [3.63, 3.8) is 0 Å². The first-order valence-electron chi connectivity index (χ1n) is 9.81. The molecule has 1 aliphatic heterocycles. The average Bonchev–Trinajstić information content (AvgIpc) is 3.24. The van der Waals surface area contributed by atoms with Crippen molar-refractivity contribution in [3.8, 4) is 0 Å². The molecule has 148 valence electrons. The van der Waals surface area contributed by atoms with Crippen LogP contribution in [0.25, 0.3) is 0 Å². The van der Waals surface area contributed by atoms with Crippen LogP contribution in [0.2, 0.25) is 0 Å². The van der Waals surface area contributed by atoms with E-state index in [2.05, 4.69) is 20.0 Å². The molecule has 2 aromatic heterocycles. The van der Waals surface area contributed by atoms with Gasteiger partial charge in [0, 0.05) is 39.7 Å². The van der Waals surface area contributed by atoms with Crippen LogP contribution < -0.4 is 4.90 Å². The Balaban J connectivity index is 1.60. The Bertz CT molecular complexity index is 885. The van der Waals surface area contributed by atoms with Gasteiger partial charge in [-0.05, 0) is 31.9 Å². The van der Waals surface area contributed by atoms with E-state index in [0.717, 1.165) is 31.4 Å². The number of anilines is 1. The summed E-state index contributed by atoms with van der Waals surface area (Å²) in [7, 11) is 3.84. The summed E-state index contributed by atoms with van der Waals surface area (Å²) < 4.78 is 1.79. The molecule has 0 N–H and O–H groups in total. The van der Waals surface area contributed by atoms with Gasteiger partial charge in [0.05, 0.1) is 18.1 Å². The lowest BCUT2D eigenvalue weighted by atomic mass is 9.90. The predicted molar refractivity (Wildman–Crippen MR) is 106 cm³/mol. The molecule has 1 saturated carbocycles. The van der Waals surface area contributed by atoms with Crippen LogP contribution >= 0.6 is 0 Å². The van der Waals surface area contributed by atoms with E-state index in [1.807, 2.05) is 33.2 Å². The summed E-state index contributed by atoms with van der Waals surface area (Å²) in [5.74, 6) is 1.19. The summed E-state index contributed by atoms with van der Waals surface area (Å²) in [6.07, 6.45) is 10.4. The van der Waals surface area contributed by atoms with Crippen LogP contribution in [0.15, 0.2) is 35.9 Å². The highest BCUT2D eigenvalue weighted by Gasteiger charge is 2.46. The third-order valence-corrected chi connectivity index (χ3v) is 5.79. The Hall–Kier alpha value is -2.90. The zero-order valence-corrected chi connectivity index (χ0v) is 16.6. The van der Waals surface area contributed by atoms with Gasteiger partial charge in [0.1, 0.15) is 5.69 Å². The summed E-state index contributed by atoms with van der Waals surface area (Å²) in [5.41, 5.74) is 0.897. The summed E-state index contributed by atoms with van der Waals surface area (Å²) in [4.78, 5) is 31.4. The Kier molecular flexibility index (Phi) is 4.78. The number of pyridine rings is 1. The molecule has 1 fully saturated rings. The molecule has 8 nitrogen and oxygen atoms in total. The number of imidazole rings is 1. The molecular formula is C20H26N6O2. The molecule has 2 aliphatic rings. The third-order valence-electron chi connectivity index (χ3n) is 5.79. The van der Waals surface area contributed by atoms with Crippen LogP contribution in [0, 0.1) is 0 Å². The Morgan fingerprint density at radius 3 is 2.71 bits per heavy atom. The van der Waals surface area contributed by atoms with Crippen molar-refractivity contribution in [3.05, 3.63) is 42.2 Å². The van der Waals surface area contributed by atoms with E-state index in [4.69, 9.17) is 4.84 Å². The van der Waals surface area contributed by atoms with Crippen LogP contribution in [0.5, 0.6) is 0 Å². The van der Waals surface area contributed by atoms with E-state index in [9.17, 15) is 4.79 Å². The molecule has 1 spiro atoms. The Morgan fingerprint density at radius 1 is 1.25 bits per heavy atom. The molecule has 0 atom stereocenters. The number of hydrogen-bond donors (Lipinski definition) is 0. The Morgan fingerprint density at radius 2 is 2.04 bits per heavy atom. The van der Waals surface area contributed by atoms with Gasteiger partial charge in [-0.25, -0.2) is 4.98 Å². The van der Waals surface area contributed by atoms with Crippen LogP contribution in [-0.4, -0.2) is 50.5 Å². The lowest BCUT2D eigenvalue weighted by molar-refractivity contribution is -0.113. The van der Waals surface area contributed by atoms with Crippen molar-refractivity contribution in [2.45, 2.75) is 44.8 Å². The smallest absolute Gasteiger partial charge is 0.276 e. The molecule has 4 rings (SSSR count). The second kappa shape index (κ2) is 7.26.